The van der Waals surface area contributed by atoms with Crippen LogP contribution in [0.15, 0.2) is 41.9 Å². The first-order chi connectivity index (χ1) is 12.0. The minimum atomic E-state index is -0.190. The molecule has 138 valence electrons. The van der Waals surface area contributed by atoms with Crippen molar-refractivity contribution < 1.29 is 4.39 Å². The average Bonchev–Trinajstić information content (AvgIpc) is 2.59. The van der Waals surface area contributed by atoms with E-state index in [1.54, 1.807) is 25.5 Å². The number of benzene rings is 1. The number of allylic oxidation sites excluding steroid dienone is 3. The molecule has 0 aromatic heterocycles. The molecule has 0 radical (unpaired) electrons. The first-order valence-electron chi connectivity index (χ1n) is 8.98. The average molecular weight is 346 g/mol. The molecule has 0 heterocycles. The summed E-state index contributed by atoms with van der Waals surface area (Å²) in [5, 5.41) is 3.27. The van der Waals surface area contributed by atoms with Crippen LogP contribution in [-0.2, 0) is 0 Å². The summed E-state index contributed by atoms with van der Waals surface area (Å²) in [6.45, 7) is 8.47. The molecule has 0 bridgehead atoms. The van der Waals surface area contributed by atoms with E-state index in [0.29, 0.717) is 18.3 Å². The van der Waals surface area contributed by atoms with Crippen LogP contribution >= 0.6 is 0 Å². The summed E-state index contributed by atoms with van der Waals surface area (Å²) in [5.41, 5.74) is 2.88. The van der Waals surface area contributed by atoms with Crippen LogP contribution in [0.25, 0.3) is 0 Å². The van der Waals surface area contributed by atoms with E-state index in [0.717, 1.165) is 36.8 Å². The molecule has 1 aromatic rings. The van der Waals surface area contributed by atoms with Gasteiger partial charge < -0.3 is 10.2 Å². The Hall–Kier alpha value is -2.10. The van der Waals surface area contributed by atoms with Gasteiger partial charge in [-0.2, -0.15) is 0 Å². The maximum Gasteiger partial charge on any atom is 0.146 e. The minimum absolute atomic E-state index is 0.190. The van der Waals surface area contributed by atoms with Crippen molar-refractivity contribution in [1.82, 2.24) is 4.90 Å². The summed E-state index contributed by atoms with van der Waals surface area (Å²) in [4.78, 5) is 5.88. The standard InChI is InChI=1S/C21H32FN3/c1-6-8-9-10-12-18(11-7-2)20-17(3)13-14-19(22)21(20)24-16-25(5)15-23-4/h6,8-9,13-15,18,24H,1,7,10-12,16H2,2-5H3/b9-8-,23-15?. The van der Waals surface area contributed by atoms with Gasteiger partial charge in [0.1, 0.15) is 5.82 Å². The van der Waals surface area contributed by atoms with Crippen molar-refractivity contribution in [2.75, 3.05) is 26.1 Å². The minimum Gasteiger partial charge on any atom is -0.365 e. The molecule has 0 amide bonds. The number of hydrogen-bond donors (Lipinski definition) is 1. The number of nitrogens with one attached hydrogen (secondary N) is 1. The van der Waals surface area contributed by atoms with E-state index >= 15 is 0 Å². The van der Waals surface area contributed by atoms with Crippen LogP contribution in [0.4, 0.5) is 10.1 Å². The third-order valence-corrected chi connectivity index (χ3v) is 4.23. The summed E-state index contributed by atoms with van der Waals surface area (Å²) in [6, 6.07) is 3.44. The summed E-state index contributed by atoms with van der Waals surface area (Å²) in [7, 11) is 3.64. The molecule has 3 nitrogen and oxygen atoms in total. The fraction of sp³-hybridized carbons (Fsp3) is 0.476. The summed E-state index contributed by atoms with van der Waals surface area (Å²) < 4.78 is 14.6. The number of halogens is 1. The van der Waals surface area contributed by atoms with Crippen LogP contribution in [0.5, 0.6) is 0 Å². The second kappa shape index (κ2) is 11.5. The molecule has 25 heavy (non-hydrogen) atoms. The lowest BCUT2D eigenvalue weighted by atomic mass is 9.86. The zero-order chi connectivity index (χ0) is 18.7. The van der Waals surface area contributed by atoms with Crippen LogP contribution < -0.4 is 5.32 Å². The lowest BCUT2D eigenvalue weighted by molar-refractivity contribution is 0.542. The van der Waals surface area contributed by atoms with Crippen molar-refractivity contribution in [1.29, 1.82) is 0 Å². The van der Waals surface area contributed by atoms with Gasteiger partial charge in [0.05, 0.1) is 18.7 Å². The highest BCUT2D eigenvalue weighted by Gasteiger charge is 2.19. The Morgan fingerprint density at radius 3 is 2.76 bits per heavy atom. The predicted molar refractivity (Wildman–Crippen MR) is 108 cm³/mol. The summed E-state index contributed by atoms with van der Waals surface area (Å²) in [5.74, 6) is 0.146. The Kier molecular flexibility index (Phi) is 9.60. The molecule has 0 spiro atoms. The van der Waals surface area contributed by atoms with Gasteiger partial charge in [-0.1, -0.05) is 44.2 Å². The molecule has 0 saturated carbocycles. The van der Waals surface area contributed by atoms with E-state index in [-0.39, 0.29) is 5.82 Å². The highest BCUT2D eigenvalue weighted by Crippen LogP contribution is 2.36. The second-order valence-electron chi connectivity index (χ2n) is 6.35. The highest BCUT2D eigenvalue weighted by molar-refractivity contribution is 5.59. The predicted octanol–water partition coefficient (Wildman–Crippen LogP) is 5.50. The highest BCUT2D eigenvalue weighted by atomic mass is 19.1. The van der Waals surface area contributed by atoms with Gasteiger partial charge in [-0.3, -0.25) is 4.99 Å². The largest absolute Gasteiger partial charge is 0.365 e. The first-order valence-corrected chi connectivity index (χ1v) is 8.98. The molecule has 0 fully saturated rings. The molecule has 1 rings (SSSR count). The normalized spacial score (nSPS) is 12.7. The van der Waals surface area contributed by atoms with Crippen LogP contribution in [0.3, 0.4) is 0 Å². The third kappa shape index (κ3) is 6.73. The molecular weight excluding hydrogens is 313 g/mol. The maximum atomic E-state index is 14.6. The summed E-state index contributed by atoms with van der Waals surface area (Å²) in [6.07, 6.45) is 11.7. The van der Waals surface area contributed by atoms with Gasteiger partial charge in [0, 0.05) is 14.1 Å². The Balaban J connectivity index is 3.08. The topological polar surface area (TPSA) is 27.6 Å². The molecule has 0 aliphatic heterocycles. The molecule has 0 aliphatic rings. The van der Waals surface area contributed by atoms with E-state index in [1.807, 2.05) is 24.1 Å². The number of rotatable bonds is 11. The van der Waals surface area contributed by atoms with Crippen molar-refractivity contribution in [2.45, 2.75) is 45.4 Å². The van der Waals surface area contributed by atoms with Crippen LogP contribution in [-0.4, -0.2) is 32.0 Å². The van der Waals surface area contributed by atoms with Crippen LogP contribution in [0, 0.1) is 12.7 Å². The van der Waals surface area contributed by atoms with E-state index in [2.05, 4.69) is 36.8 Å². The first kappa shape index (κ1) is 20.9. The number of nitrogens with zero attached hydrogens (tertiary/aromatic N) is 2. The van der Waals surface area contributed by atoms with Crippen molar-refractivity contribution in [3.05, 3.63) is 53.9 Å². The fourth-order valence-corrected chi connectivity index (χ4v) is 3.12. The molecule has 0 aliphatic carbocycles. The Labute approximate surface area is 152 Å². The van der Waals surface area contributed by atoms with Gasteiger partial charge in [0.25, 0.3) is 0 Å². The number of aryl methyl sites for hydroxylation is 1. The molecular formula is C21H32FN3. The van der Waals surface area contributed by atoms with Gasteiger partial charge in [-0.25, -0.2) is 4.39 Å². The summed E-state index contributed by atoms with van der Waals surface area (Å²) >= 11 is 0. The van der Waals surface area contributed by atoms with Crippen LogP contribution in [0.2, 0.25) is 0 Å². The lowest BCUT2D eigenvalue weighted by Crippen LogP contribution is -2.25. The smallest absolute Gasteiger partial charge is 0.146 e. The van der Waals surface area contributed by atoms with Gasteiger partial charge in [-0.15, -0.1) is 0 Å². The van der Waals surface area contributed by atoms with Gasteiger partial charge in [0.2, 0.25) is 0 Å². The lowest BCUT2D eigenvalue weighted by Gasteiger charge is -2.25. The monoisotopic (exact) mass is 345 g/mol. The second-order valence-corrected chi connectivity index (χ2v) is 6.35. The molecule has 1 N–H and O–H groups in total. The number of hydrogen-bond acceptors (Lipinski definition) is 2. The molecule has 0 saturated heterocycles. The van der Waals surface area contributed by atoms with E-state index in [9.17, 15) is 4.39 Å². The van der Waals surface area contributed by atoms with Crippen molar-refractivity contribution in [3.63, 3.8) is 0 Å². The quantitative estimate of drug-likeness (QED) is 0.248. The SMILES string of the molecule is C=C/C=C\CCC(CCC)c1c(C)ccc(F)c1NCN(C)C=NC. The Morgan fingerprint density at radius 1 is 1.36 bits per heavy atom. The van der Waals surface area contributed by atoms with E-state index < -0.39 is 0 Å². The van der Waals surface area contributed by atoms with Gasteiger partial charge >= 0.3 is 0 Å². The zero-order valence-corrected chi connectivity index (χ0v) is 16.1. The van der Waals surface area contributed by atoms with Crippen molar-refractivity contribution in [3.8, 4) is 0 Å². The number of anilines is 1. The Morgan fingerprint density at radius 2 is 2.12 bits per heavy atom. The molecule has 1 aromatic carbocycles. The molecule has 4 heteroatoms. The van der Waals surface area contributed by atoms with Crippen LogP contribution in [0.1, 0.15) is 49.7 Å². The Bertz CT molecular complexity index is 593. The van der Waals surface area contributed by atoms with Crippen molar-refractivity contribution in [2.24, 2.45) is 4.99 Å². The fourth-order valence-electron chi connectivity index (χ4n) is 3.12. The zero-order valence-electron chi connectivity index (χ0n) is 16.1. The third-order valence-electron chi connectivity index (χ3n) is 4.23. The maximum absolute atomic E-state index is 14.6. The van der Waals surface area contributed by atoms with E-state index in [4.69, 9.17) is 0 Å². The number of aliphatic imine (C=N–C) groups is 1. The van der Waals surface area contributed by atoms with Gasteiger partial charge in [0.15, 0.2) is 0 Å². The van der Waals surface area contributed by atoms with Crippen molar-refractivity contribution >= 4 is 12.0 Å². The van der Waals surface area contributed by atoms with Gasteiger partial charge in [-0.05, 0) is 49.3 Å². The van der Waals surface area contributed by atoms with E-state index in [1.165, 1.54) is 0 Å². The molecule has 1 unspecified atom stereocenters. The molecule has 1 atom stereocenters.